The molecular weight excluding hydrogens is 391 g/mol. The summed E-state index contributed by atoms with van der Waals surface area (Å²) in [6.45, 7) is 11.3. The first-order chi connectivity index (χ1) is 14.5. The first-order valence-corrected chi connectivity index (χ1v) is 12.4. The fraction of sp³-hybridized carbons (Fsp3) is 0.360. The molecule has 2 aromatic carbocycles. The van der Waals surface area contributed by atoms with Crippen molar-refractivity contribution in [2.24, 2.45) is 0 Å². The zero-order chi connectivity index (χ0) is 21.4. The molecule has 0 atom stereocenters. The second-order valence-corrected chi connectivity index (χ2v) is 10.7. The van der Waals surface area contributed by atoms with Crippen LogP contribution >= 0.6 is 7.44 Å². The standard InChI is InChI=1S/C25H33N2O2P/c1-4-18-29-25(22(2)3)21-30(28)26(19-23-12-7-5-8-13-23)16-11-17-27(30)20-24-14-9-6-10-15-24/h4-10,12-15H,1,11,16-21H2,2-3H3. The molecule has 1 aliphatic rings. The maximum Gasteiger partial charge on any atom is 0.224 e. The van der Waals surface area contributed by atoms with Gasteiger partial charge in [-0.1, -0.05) is 73.3 Å². The van der Waals surface area contributed by atoms with Crippen LogP contribution in [0.1, 0.15) is 31.4 Å². The molecule has 5 heteroatoms. The highest BCUT2D eigenvalue weighted by atomic mass is 31.2. The Morgan fingerprint density at radius 1 is 0.967 bits per heavy atom. The predicted molar refractivity (Wildman–Crippen MR) is 125 cm³/mol. The second-order valence-electron chi connectivity index (χ2n) is 7.95. The van der Waals surface area contributed by atoms with E-state index in [2.05, 4.69) is 40.2 Å². The molecule has 3 rings (SSSR count). The molecule has 0 aromatic heterocycles. The van der Waals surface area contributed by atoms with E-state index in [0.717, 1.165) is 30.8 Å². The molecule has 0 N–H and O–H groups in total. The minimum Gasteiger partial charge on any atom is -0.493 e. The first kappa shape index (κ1) is 22.6. The number of allylic oxidation sites excluding steroid dienone is 2. The highest BCUT2D eigenvalue weighted by Crippen LogP contribution is 2.58. The van der Waals surface area contributed by atoms with Crippen LogP contribution in [-0.2, 0) is 22.4 Å². The largest absolute Gasteiger partial charge is 0.493 e. The number of hydrogen-bond donors (Lipinski definition) is 0. The highest BCUT2D eigenvalue weighted by molar-refractivity contribution is 7.59. The lowest BCUT2D eigenvalue weighted by molar-refractivity contribution is 0.233. The Labute approximate surface area is 181 Å². The van der Waals surface area contributed by atoms with Crippen LogP contribution < -0.4 is 0 Å². The molecule has 1 saturated heterocycles. The Morgan fingerprint density at radius 2 is 1.47 bits per heavy atom. The third kappa shape index (κ3) is 5.72. The van der Waals surface area contributed by atoms with Gasteiger partial charge in [0, 0.05) is 26.2 Å². The minimum atomic E-state index is -2.87. The number of ether oxygens (including phenoxy) is 1. The molecule has 0 saturated carbocycles. The Morgan fingerprint density at radius 3 is 1.90 bits per heavy atom. The average Bonchev–Trinajstić information content (AvgIpc) is 2.75. The topological polar surface area (TPSA) is 32.8 Å². The Balaban J connectivity index is 1.93. The smallest absolute Gasteiger partial charge is 0.224 e. The van der Waals surface area contributed by atoms with E-state index in [1.165, 1.54) is 11.1 Å². The number of rotatable bonds is 9. The van der Waals surface area contributed by atoms with E-state index in [9.17, 15) is 4.57 Å². The number of hydrogen-bond acceptors (Lipinski definition) is 2. The quantitative estimate of drug-likeness (QED) is 0.277. The van der Waals surface area contributed by atoms with Gasteiger partial charge in [0.05, 0.1) is 6.16 Å². The summed E-state index contributed by atoms with van der Waals surface area (Å²) >= 11 is 0. The van der Waals surface area contributed by atoms with Gasteiger partial charge in [-0.2, -0.15) is 0 Å². The van der Waals surface area contributed by atoms with Crippen LogP contribution in [0.4, 0.5) is 0 Å². The monoisotopic (exact) mass is 424 g/mol. The lowest BCUT2D eigenvalue weighted by Gasteiger charge is -2.44. The molecule has 1 fully saturated rings. The summed E-state index contributed by atoms with van der Waals surface area (Å²) in [6, 6.07) is 20.6. The average molecular weight is 425 g/mol. The van der Waals surface area contributed by atoms with Gasteiger partial charge in [0.2, 0.25) is 7.44 Å². The van der Waals surface area contributed by atoms with Crippen LogP contribution in [0.15, 0.2) is 84.7 Å². The minimum absolute atomic E-state index is 0.419. The number of benzene rings is 2. The molecule has 0 unspecified atom stereocenters. The van der Waals surface area contributed by atoms with Crippen molar-refractivity contribution < 1.29 is 9.30 Å². The van der Waals surface area contributed by atoms with Gasteiger partial charge in [0.15, 0.2) is 0 Å². The Bertz CT molecular complexity index is 838. The molecule has 160 valence electrons. The van der Waals surface area contributed by atoms with E-state index < -0.39 is 7.44 Å². The molecule has 0 aliphatic carbocycles. The Kier molecular flexibility index (Phi) is 8.09. The van der Waals surface area contributed by atoms with Crippen LogP contribution in [0.2, 0.25) is 0 Å². The SMILES string of the molecule is C=CCOC(CP1(=O)N(Cc2ccccc2)CCCN1Cc1ccccc1)=C(C)C. The molecule has 1 aliphatic heterocycles. The van der Waals surface area contributed by atoms with E-state index >= 15 is 0 Å². The summed E-state index contributed by atoms with van der Waals surface area (Å²) < 4.78 is 25.0. The fourth-order valence-electron chi connectivity index (χ4n) is 3.79. The summed E-state index contributed by atoms with van der Waals surface area (Å²) in [5.74, 6) is 0.816. The van der Waals surface area contributed by atoms with Crippen LogP contribution in [0.3, 0.4) is 0 Å². The summed E-state index contributed by atoms with van der Waals surface area (Å²) in [6.07, 6.45) is 3.16. The summed E-state index contributed by atoms with van der Waals surface area (Å²) in [5, 5.41) is 0. The first-order valence-electron chi connectivity index (χ1n) is 10.6. The third-order valence-corrected chi connectivity index (χ3v) is 8.56. The van der Waals surface area contributed by atoms with Crippen LogP contribution in [0.25, 0.3) is 0 Å². The molecule has 30 heavy (non-hydrogen) atoms. The second kappa shape index (κ2) is 10.8. The van der Waals surface area contributed by atoms with E-state index in [1.807, 2.05) is 50.2 Å². The lowest BCUT2D eigenvalue weighted by atomic mass is 10.2. The van der Waals surface area contributed by atoms with E-state index in [1.54, 1.807) is 6.08 Å². The fourth-order valence-corrected chi connectivity index (χ4v) is 7.01. The van der Waals surface area contributed by atoms with E-state index in [0.29, 0.717) is 25.9 Å². The molecule has 0 bridgehead atoms. The van der Waals surface area contributed by atoms with E-state index in [-0.39, 0.29) is 0 Å². The van der Waals surface area contributed by atoms with Crippen molar-refractivity contribution >= 4 is 7.44 Å². The van der Waals surface area contributed by atoms with Crippen molar-refractivity contribution in [1.29, 1.82) is 0 Å². The summed E-state index contributed by atoms with van der Waals surface area (Å²) in [4.78, 5) is 0. The van der Waals surface area contributed by atoms with Crippen LogP contribution in [0.5, 0.6) is 0 Å². The van der Waals surface area contributed by atoms with Gasteiger partial charge in [-0.25, -0.2) is 9.34 Å². The van der Waals surface area contributed by atoms with Gasteiger partial charge >= 0.3 is 0 Å². The third-order valence-electron chi connectivity index (χ3n) is 5.41. The molecule has 4 nitrogen and oxygen atoms in total. The van der Waals surface area contributed by atoms with Crippen molar-refractivity contribution in [3.63, 3.8) is 0 Å². The van der Waals surface area contributed by atoms with E-state index in [4.69, 9.17) is 4.74 Å². The predicted octanol–water partition coefficient (Wildman–Crippen LogP) is 6.08. The van der Waals surface area contributed by atoms with Crippen LogP contribution in [0, 0.1) is 0 Å². The lowest BCUT2D eigenvalue weighted by Crippen LogP contribution is -2.40. The normalized spacial score (nSPS) is 16.7. The van der Waals surface area contributed by atoms with Crippen molar-refractivity contribution in [3.05, 3.63) is 95.8 Å². The van der Waals surface area contributed by atoms with Gasteiger partial charge in [-0.05, 0) is 37.0 Å². The molecule has 0 radical (unpaired) electrons. The number of nitrogens with zero attached hydrogens (tertiary/aromatic N) is 2. The highest BCUT2D eigenvalue weighted by Gasteiger charge is 2.41. The van der Waals surface area contributed by atoms with Gasteiger partial charge < -0.3 is 4.74 Å². The van der Waals surface area contributed by atoms with Crippen LogP contribution in [-0.4, -0.2) is 35.2 Å². The van der Waals surface area contributed by atoms with Crippen molar-refractivity contribution in [2.75, 3.05) is 25.9 Å². The maximum atomic E-state index is 14.7. The Hall–Kier alpha value is -2.13. The van der Waals surface area contributed by atoms with Gasteiger partial charge in [0.1, 0.15) is 12.4 Å². The van der Waals surface area contributed by atoms with Gasteiger partial charge in [0.25, 0.3) is 0 Å². The van der Waals surface area contributed by atoms with Gasteiger partial charge in [-0.3, -0.25) is 4.57 Å². The van der Waals surface area contributed by atoms with Crippen molar-refractivity contribution in [1.82, 2.24) is 9.34 Å². The molecule has 0 amide bonds. The van der Waals surface area contributed by atoms with Crippen molar-refractivity contribution in [3.8, 4) is 0 Å². The molecular formula is C25H33N2O2P. The zero-order valence-corrected chi connectivity index (χ0v) is 19.1. The maximum absolute atomic E-state index is 14.7. The zero-order valence-electron chi connectivity index (χ0n) is 18.2. The summed E-state index contributed by atoms with van der Waals surface area (Å²) in [5.41, 5.74) is 3.44. The van der Waals surface area contributed by atoms with Crippen molar-refractivity contribution in [2.45, 2.75) is 33.4 Å². The van der Waals surface area contributed by atoms with Gasteiger partial charge in [-0.15, -0.1) is 0 Å². The molecule has 0 spiro atoms. The molecule has 1 heterocycles. The molecule has 2 aromatic rings. The summed E-state index contributed by atoms with van der Waals surface area (Å²) in [7, 11) is -2.87.